The van der Waals surface area contributed by atoms with Crippen molar-refractivity contribution in [2.75, 3.05) is 6.61 Å². The van der Waals surface area contributed by atoms with Crippen LogP contribution in [0.5, 0.6) is 0 Å². The number of pyridine rings is 1. The zero-order chi connectivity index (χ0) is 19.5. The molecule has 5 heteroatoms. The average Bonchev–Trinajstić information content (AvgIpc) is 3.16. The minimum Gasteiger partial charge on any atom is -0.453 e. The number of benzene rings is 1. The average molecular weight is 376 g/mol. The first-order valence-electron chi connectivity index (χ1n) is 9.86. The Hall–Kier alpha value is -2.95. The predicted octanol–water partition coefficient (Wildman–Crippen LogP) is 4.73. The van der Waals surface area contributed by atoms with Gasteiger partial charge in [0.2, 0.25) is 0 Å². The molecule has 0 amide bonds. The number of ether oxygens (including phenoxy) is 1. The van der Waals surface area contributed by atoms with Crippen LogP contribution in [0, 0.1) is 6.92 Å². The lowest BCUT2D eigenvalue weighted by atomic mass is 9.84. The Morgan fingerprint density at radius 3 is 2.61 bits per heavy atom. The number of hydrogen-bond donors (Lipinski definition) is 0. The molecule has 2 aromatic heterocycles. The molecule has 0 aliphatic heterocycles. The summed E-state index contributed by atoms with van der Waals surface area (Å²) in [6.07, 6.45) is 9.79. The Kier molecular flexibility index (Phi) is 5.24. The zero-order valence-electron chi connectivity index (χ0n) is 16.1. The number of carbonyl (C=O) groups excluding carboxylic acids is 2. The van der Waals surface area contributed by atoms with Crippen LogP contribution in [0.2, 0.25) is 0 Å². The number of ketones is 1. The number of aromatic nitrogens is 2. The fourth-order valence-corrected chi connectivity index (χ4v) is 3.85. The van der Waals surface area contributed by atoms with Gasteiger partial charge in [0.15, 0.2) is 18.1 Å². The number of fused-ring (bicyclic) bond motifs is 1. The molecule has 1 aliphatic rings. The molecule has 0 spiro atoms. The third kappa shape index (κ3) is 3.98. The molecule has 1 saturated carbocycles. The predicted molar refractivity (Wildman–Crippen MR) is 107 cm³/mol. The van der Waals surface area contributed by atoms with Crippen molar-refractivity contribution in [3.05, 3.63) is 71.2 Å². The van der Waals surface area contributed by atoms with Crippen LogP contribution in [0.25, 0.3) is 5.65 Å². The lowest BCUT2D eigenvalue weighted by Crippen LogP contribution is -2.14. The summed E-state index contributed by atoms with van der Waals surface area (Å²) in [6, 6.07) is 11.6. The minimum absolute atomic E-state index is 0.200. The maximum absolute atomic E-state index is 12.4. The fourth-order valence-electron chi connectivity index (χ4n) is 3.85. The summed E-state index contributed by atoms with van der Waals surface area (Å²) < 4.78 is 6.95. The third-order valence-corrected chi connectivity index (χ3v) is 5.47. The first-order valence-corrected chi connectivity index (χ1v) is 9.86. The van der Waals surface area contributed by atoms with Crippen LogP contribution in [0.1, 0.15) is 70.0 Å². The molecule has 5 nitrogen and oxygen atoms in total. The number of carbonyl (C=O) groups is 2. The second kappa shape index (κ2) is 7.97. The van der Waals surface area contributed by atoms with Gasteiger partial charge >= 0.3 is 5.97 Å². The normalized spacial score (nSPS) is 14.9. The van der Waals surface area contributed by atoms with Crippen LogP contribution >= 0.6 is 0 Å². The molecule has 0 unspecified atom stereocenters. The number of aryl methyl sites for hydroxylation is 1. The molecule has 1 aliphatic carbocycles. The van der Waals surface area contributed by atoms with E-state index in [9.17, 15) is 9.59 Å². The van der Waals surface area contributed by atoms with Gasteiger partial charge in [-0.2, -0.15) is 0 Å². The number of esters is 1. The van der Waals surface area contributed by atoms with E-state index < -0.39 is 5.97 Å². The second-order valence-electron chi connectivity index (χ2n) is 7.55. The molecule has 0 bridgehead atoms. The highest BCUT2D eigenvalue weighted by Crippen LogP contribution is 2.32. The van der Waals surface area contributed by atoms with Gasteiger partial charge in [-0.05, 0) is 48.9 Å². The lowest BCUT2D eigenvalue weighted by Gasteiger charge is -2.22. The number of hydrogen-bond acceptors (Lipinski definition) is 4. The summed E-state index contributed by atoms with van der Waals surface area (Å²) in [6.45, 7) is 1.68. The molecule has 0 saturated heterocycles. The molecule has 1 aromatic carbocycles. The van der Waals surface area contributed by atoms with Crippen LogP contribution < -0.4 is 0 Å². The van der Waals surface area contributed by atoms with Gasteiger partial charge < -0.3 is 9.14 Å². The van der Waals surface area contributed by atoms with Gasteiger partial charge in [-0.3, -0.25) is 4.79 Å². The van der Waals surface area contributed by atoms with Gasteiger partial charge in [-0.15, -0.1) is 0 Å². The number of Topliss-reactive ketones (excluding diaryl/α,β-unsaturated/α-hetero) is 1. The highest BCUT2D eigenvalue weighted by molar-refractivity contribution is 5.99. The maximum atomic E-state index is 12.4. The third-order valence-electron chi connectivity index (χ3n) is 5.47. The van der Waals surface area contributed by atoms with Crippen LogP contribution in [-0.2, 0) is 4.74 Å². The van der Waals surface area contributed by atoms with E-state index in [0.717, 1.165) is 5.56 Å². The van der Waals surface area contributed by atoms with Crippen molar-refractivity contribution >= 4 is 17.4 Å². The summed E-state index contributed by atoms with van der Waals surface area (Å²) in [5.74, 6) is -0.189. The van der Waals surface area contributed by atoms with Crippen molar-refractivity contribution in [3.63, 3.8) is 0 Å². The van der Waals surface area contributed by atoms with E-state index in [1.165, 1.54) is 37.7 Å². The lowest BCUT2D eigenvalue weighted by molar-refractivity contribution is 0.0469. The van der Waals surface area contributed by atoms with E-state index in [4.69, 9.17) is 4.74 Å². The smallest absolute Gasteiger partial charge is 0.359 e. The SMILES string of the molecule is Cc1ccn2cc(C(=O)OCC(=O)c3ccc(C4CCCCC4)cc3)nc2c1. The van der Waals surface area contributed by atoms with Crippen molar-refractivity contribution in [2.45, 2.75) is 44.9 Å². The van der Waals surface area contributed by atoms with Gasteiger partial charge in [0.25, 0.3) is 0 Å². The van der Waals surface area contributed by atoms with Crippen molar-refractivity contribution < 1.29 is 14.3 Å². The Labute approximate surface area is 164 Å². The van der Waals surface area contributed by atoms with E-state index >= 15 is 0 Å². The Bertz CT molecular complexity index is 998. The summed E-state index contributed by atoms with van der Waals surface area (Å²) in [5.41, 5.74) is 3.80. The fraction of sp³-hybridized carbons (Fsp3) is 0.348. The van der Waals surface area contributed by atoms with E-state index in [0.29, 0.717) is 17.1 Å². The molecule has 1 fully saturated rings. The monoisotopic (exact) mass is 376 g/mol. The molecule has 3 aromatic rings. The largest absolute Gasteiger partial charge is 0.453 e. The van der Waals surface area contributed by atoms with Crippen LogP contribution in [0.15, 0.2) is 48.8 Å². The van der Waals surface area contributed by atoms with Crippen molar-refractivity contribution in [2.24, 2.45) is 0 Å². The van der Waals surface area contributed by atoms with Gasteiger partial charge in [0.1, 0.15) is 5.65 Å². The Morgan fingerprint density at radius 1 is 1.11 bits per heavy atom. The molecular formula is C23H24N2O3. The molecule has 0 radical (unpaired) electrons. The highest BCUT2D eigenvalue weighted by Gasteiger charge is 2.17. The van der Waals surface area contributed by atoms with Gasteiger partial charge in [0.05, 0.1) is 0 Å². The summed E-state index contributed by atoms with van der Waals surface area (Å²) in [7, 11) is 0. The Morgan fingerprint density at radius 2 is 1.86 bits per heavy atom. The Balaban J connectivity index is 1.37. The first kappa shape index (κ1) is 18.4. The topological polar surface area (TPSA) is 60.7 Å². The number of imidazole rings is 1. The van der Waals surface area contributed by atoms with Crippen LogP contribution in [0.4, 0.5) is 0 Å². The number of nitrogens with zero attached hydrogens (tertiary/aromatic N) is 2. The van der Waals surface area contributed by atoms with Crippen molar-refractivity contribution in [1.82, 2.24) is 9.38 Å². The van der Waals surface area contributed by atoms with Gasteiger partial charge in [-0.1, -0.05) is 43.5 Å². The van der Waals surface area contributed by atoms with Crippen LogP contribution in [-0.4, -0.2) is 27.7 Å². The van der Waals surface area contributed by atoms with Crippen LogP contribution in [0.3, 0.4) is 0 Å². The van der Waals surface area contributed by atoms with Gasteiger partial charge in [0, 0.05) is 18.0 Å². The van der Waals surface area contributed by atoms with E-state index in [2.05, 4.69) is 4.98 Å². The molecule has 4 rings (SSSR count). The van der Waals surface area contributed by atoms with Crippen molar-refractivity contribution in [3.8, 4) is 0 Å². The van der Waals surface area contributed by atoms with Crippen molar-refractivity contribution in [1.29, 1.82) is 0 Å². The van der Waals surface area contributed by atoms with E-state index in [1.54, 1.807) is 10.6 Å². The number of rotatable bonds is 5. The first-order chi connectivity index (χ1) is 13.6. The zero-order valence-corrected chi connectivity index (χ0v) is 16.1. The standard InChI is InChI=1S/C23H24N2O3/c1-16-11-12-25-14-20(24-22(25)13-16)23(27)28-15-21(26)19-9-7-18(8-10-19)17-5-3-2-4-6-17/h7-14,17H,2-6,15H2,1H3. The summed E-state index contributed by atoms with van der Waals surface area (Å²) in [4.78, 5) is 28.9. The van der Waals surface area contributed by atoms with E-state index in [1.807, 2.05) is 49.5 Å². The highest BCUT2D eigenvalue weighted by atomic mass is 16.5. The molecule has 144 valence electrons. The molecule has 28 heavy (non-hydrogen) atoms. The molecular weight excluding hydrogens is 352 g/mol. The molecule has 0 N–H and O–H groups in total. The summed E-state index contributed by atoms with van der Waals surface area (Å²) >= 11 is 0. The molecule has 2 heterocycles. The quantitative estimate of drug-likeness (QED) is 0.477. The van der Waals surface area contributed by atoms with Gasteiger partial charge in [-0.25, -0.2) is 9.78 Å². The molecule has 0 atom stereocenters. The minimum atomic E-state index is -0.589. The second-order valence-corrected chi connectivity index (χ2v) is 7.55. The van der Waals surface area contributed by atoms with E-state index in [-0.39, 0.29) is 18.1 Å². The maximum Gasteiger partial charge on any atom is 0.359 e. The summed E-state index contributed by atoms with van der Waals surface area (Å²) in [5, 5.41) is 0.